The van der Waals surface area contributed by atoms with Gasteiger partial charge in [0.25, 0.3) is 17.4 Å². The van der Waals surface area contributed by atoms with Gasteiger partial charge in [-0.2, -0.15) is 5.10 Å². The first kappa shape index (κ1) is 17.9. The average Bonchev–Trinajstić information content (AvgIpc) is 2.57. The van der Waals surface area contributed by atoms with Gasteiger partial charge in [-0.25, -0.2) is 4.68 Å². The Hall–Kier alpha value is -3.49. The molecule has 0 bridgehead atoms. The van der Waals surface area contributed by atoms with Crippen LogP contribution < -0.4 is 16.2 Å². The molecule has 0 fully saturated rings. The maximum atomic E-state index is 12.1. The minimum atomic E-state index is -0.995. The van der Waals surface area contributed by atoms with E-state index in [-0.39, 0.29) is 24.2 Å². The molecule has 9 nitrogen and oxygen atoms in total. The van der Waals surface area contributed by atoms with Crippen molar-refractivity contribution >= 4 is 23.5 Å². The minimum Gasteiger partial charge on any atom is -0.481 e. The summed E-state index contributed by atoms with van der Waals surface area (Å²) in [4.78, 5) is 45.6. The number of carbonyl (C=O) groups excluding carboxylic acids is 2. The lowest BCUT2D eigenvalue weighted by Crippen LogP contribution is -2.26. The number of anilines is 1. The first-order valence-corrected chi connectivity index (χ1v) is 7.32. The fraction of sp³-hybridized carbons (Fsp3) is 0.188. The highest BCUT2D eigenvalue weighted by Gasteiger charge is 2.10. The number of hydrogen-bond acceptors (Lipinski definition) is 5. The molecule has 0 atom stereocenters. The number of nitrogens with zero attached hydrogens (tertiary/aromatic N) is 2. The van der Waals surface area contributed by atoms with E-state index in [0.717, 1.165) is 4.68 Å². The van der Waals surface area contributed by atoms with Gasteiger partial charge >= 0.3 is 5.97 Å². The van der Waals surface area contributed by atoms with Crippen LogP contribution in [0.15, 0.2) is 41.2 Å². The minimum absolute atomic E-state index is 0.0328. The van der Waals surface area contributed by atoms with Gasteiger partial charge in [-0.05, 0) is 30.3 Å². The van der Waals surface area contributed by atoms with Crippen LogP contribution in [-0.2, 0) is 11.8 Å². The van der Waals surface area contributed by atoms with Crippen molar-refractivity contribution in [3.05, 3.63) is 58.0 Å². The zero-order valence-corrected chi connectivity index (χ0v) is 13.4. The molecule has 1 aromatic carbocycles. The number of hydrogen-bond donors (Lipinski definition) is 3. The Kier molecular flexibility index (Phi) is 5.62. The van der Waals surface area contributed by atoms with Crippen molar-refractivity contribution in [1.29, 1.82) is 0 Å². The standard InChI is InChI=1S/C16H16N4O5/c1-20-13(21)7-6-12(19-20)16(25)18-11-4-2-10(3-5-11)15(24)17-9-8-14(22)23/h2-7H,8-9H2,1H3,(H,17,24)(H,18,25)(H,22,23). The zero-order valence-electron chi connectivity index (χ0n) is 13.4. The van der Waals surface area contributed by atoms with Crippen LogP contribution in [-0.4, -0.2) is 39.2 Å². The maximum Gasteiger partial charge on any atom is 0.305 e. The van der Waals surface area contributed by atoms with Gasteiger partial charge in [0.2, 0.25) is 0 Å². The van der Waals surface area contributed by atoms with Gasteiger partial charge in [-0.3, -0.25) is 19.2 Å². The van der Waals surface area contributed by atoms with Gasteiger partial charge in [-0.15, -0.1) is 0 Å². The molecule has 1 aromatic heterocycles. The molecule has 130 valence electrons. The Morgan fingerprint density at radius 2 is 1.76 bits per heavy atom. The van der Waals surface area contributed by atoms with E-state index >= 15 is 0 Å². The molecule has 0 saturated heterocycles. The predicted molar refractivity (Wildman–Crippen MR) is 88.5 cm³/mol. The molecule has 2 aromatic rings. The molecule has 0 aliphatic rings. The predicted octanol–water partition coefficient (Wildman–Crippen LogP) is 0.237. The van der Waals surface area contributed by atoms with Crippen LogP contribution in [0.4, 0.5) is 5.69 Å². The van der Waals surface area contributed by atoms with E-state index in [2.05, 4.69) is 15.7 Å². The zero-order chi connectivity index (χ0) is 18.4. The normalized spacial score (nSPS) is 10.1. The van der Waals surface area contributed by atoms with Crippen molar-refractivity contribution in [3.8, 4) is 0 Å². The van der Waals surface area contributed by atoms with E-state index in [9.17, 15) is 19.2 Å². The molecule has 0 radical (unpaired) electrons. The lowest BCUT2D eigenvalue weighted by atomic mass is 10.2. The summed E-state index contributed by atoms with van der Waals surface area (Å²) < 4.78 is 1.06. The van der Waals surface area contributed by atoms with E-state index in [4.69, 9.17) is 5.11 Å². The highest BCUT2D eigenvalue weighted by Crippen LogP contribution is 2.10. The first-order chi connectivity index (χ1) is 11.9. The second-order valence-electron chi connectivity index (χ2n) is 5.11. The molecule has 0 unspecified atom stereocenters. The van der Waals surface area contributed by atoms with Gasteiger partial charge in [-0.1, -0.05) is 0 Å². The summed E-state index contributed by atoms with van der Waals surface area (Å²) in [5.74, 6) is -1.89. The van der Waals surface area contributed by atoms with Gasteiger partial charge in [0.15, 0.2) is 0 Å². The lowest BCUT2D eigenvalue weighted by molar-refractivity contribution is -0.136. The smallest absolute Gasteiger partial charge is 0.305 e. The fourth-order valence-electron chi connectivity index (χ4n) is 1.91. The number of benzene rings is 1. The molecule has 0 aliphatic carbocycles. The highest BCUT2D eigenvalue weighted by atomic mass is 16.4. The Morgan fingerprint density at radius 1 is 1.08 bits per heavy atom. The maximum absolute atomic E-state index is 12.1. The largest absolute Gasteiger partial charge is 0.481 e. The number of carboxylic acid groups (broad SMARTS) is 1. The van der Waals surface area contributed by atoms with Crippen LogP contribution in [0, 0.1) is 0 Å². The van der Waals surface area contributed by atoms with Crippen molar-refractivity contribution in [3.63, 3.8) is 0 Å². The van der Waals surface area contributed by atoms with E-state index in [1.807, 2.05) is 0 Å². The molecule has 1 heterocycles. The molecule has 0 aliphatic heterocycles. The van der Waals surface area contributed by atoms with Crippen LogP contribution in [0.1, 0.15) is 27.3 Å². The number of aliphatic carboxylic acids is 1. The number of aromatic nitrogens is 2. The number of rotatable bonds is 6. The van der Waals surface area contributed by atoms with E-state index in [1.165, 1.54) is 43.4 Å². The molecule has 3 N–H and O–H groups in total. The number of nitrogens with one attached hydrogen (secondary N) is 2. The van der Waals surface area contributed by atoms with Crippen LogP contribution in [0.3, 0.4) is 0 Å². The monoisotopic (exact) mass is 344 g/mol. The van der Waals surface area contributed by atoms with E-state index in [1.54, 1.807) is 0 Å². The van der Waals surface area contributed by atoms with Crippen LogP contribution in [0.2, 0.25) is 0 Å². The Labute approximate surface area is 142 Å². The van der Waals surface area contributed by atoms with Gasteiger partial charge in [0, 0.05) is 30.9 Å². The van der Waals surface area contributed by atoms with Crippen molar-refractivity contribution in [2.45, 2.75) is 6.42 Å². The topological polar surface area (TPSA) is 130 Å². The Bertz CT molecular complexity index is 858. The molecular weight excluding hydrogens is 328 g/mol. The summed E-state index contributed by atoms with van der Waals surface area (Å²) in [6.45, 7) is 0.0328. The molecule has 0 spiro atoms. The molecule has 2 rings (SSSR count). The van der Waals surface area contributed by atoms with Crippen LogP contribution in [0.25, 0.3) is 0 Å². The number of aryl methyl sites for hydroxylation is 1. The average molecular weight is 344 g/mol. The molecule has 0 saturated carbocycles. The van der Waals surface area contributed by atoms with Crippen molar-refractivity contribution in [2.24, 2.45) is 7.05 Å². The first-order valence-electron chi connectivity index (χ1n) is 7.32. The van der Waals surface area contributed by atoms with Crippen molar-refractivity contribution in [1.82, 2.24) is 15.1 Å². The molecule has 25 heavy (non-hydrogen) atoms. The molecular formula is C16H16N4O5. The van der Waals surface area contributed by atoms with Crippen LogP contribution >= 0.6 is 0 Å². The molecule has 9 heteroatoms. The van der Waals surface area contributed by atoms with Gasteiger partial charge in [0.1, 0.15) is 5.69 Å². The second kappa shape index (κ2) is 7.86. The highest BCUT2D eigenvalue weighted by molar-refractivity contribution is 6.03. The molecule has 2 amide bonds. The summed E-state index contributed by atoms with van der Waals surface area (Å²) in [5.41, 5.74) is 0.541. The lowest BCUT2D eigenvalue weighted by Gasteiger charge is -2.07. The SMILES string of the molecule is Cn1nc(C(=O)Nc2ccc(C(=O)NCCC(=O)O)cc2)ccc1=O. The van der Waals surface area contributed by atoms with Crippen molar-refractivity contribution in [2.75, 3.05) is 11.9 Å². The van der Waals surface area contributed by atoms with Gasteiger partial charge < -0.3 is 15.7 Å². The van der Waals surface area contributed by atoms with Gasteiger partial charge in [0.05, 0.1) is 6.42 Å². The Morgan fingerprint density at radius 3 is 2.36 bits per heavy atom. The summed E-state index contributed by atoms with van der Waals surface area (Å²) >= 11 is 0. The Balaban J connectivity index is 1.98. The second-order valence-corrected chi connectivity index (χ2v) is 5.11. The van der Waals surface area contributed by atoms with E-state index in [0.29, 0.717) is 11.3 Å². The third-order valence-corrected chi connectivity index (χ3v) is 3.22. The summed E-state index contributed by atoms with van der Waals surface area (Å²) in [7, 11) is 1.44. The summed E-state index contributed by atoms with van der Waals surface area (Å²) in [6.07, 6.45) is -0.160. The fourth-order valence-corrected chi connectivity index (χ4v) is 1.91. The quantitative estimate of drug-likeness (QED) is 0.688. The number of carbonyl (C=O) groups is 3. The van der Waals surface area contributed by atoms with Crippen molar-refractivity contribution < 1.29 is 19.5 Å². The summed E-state index contributed by atoms with van der Waals surface area (Å²) in [5, 5.41) is 17.5. The third-order valence-electron chi connectivity index (χ3n) is 3.22. The number of amides is 2. The third kappa shape index (κ3) is 4.99. The van der Waals surface area contributed by atoms with E-state index < -0.39 is 17.8 Å². The van der Waals surface area contributed by atoms with Crippen LogP contribution in [0.5, 0.6) is 0 Å². The number of carboxylic acids is 1. The summed E-state index contributed by atoms with van der Waals surface area (Å²) in [6, 6.07) is 8.63.